The molecule has 6 nitrogen and oxygen atoms in total. The molecule has 0 unspecified atom stereocenters. The fourth-order valence-electron chi connectivity index (χ4n) is 4.16. The number of piperidine rings is 1. The quantitative estimate of drug-likeness (QED) is 0.344. The molecular weight excluding hydrogens is 386 g/mol. The predicted molar refractivity (Wildman–Crippen MR) is 115 cm³/mol. The maximum Gasteiger partial charge on any atom is 0.141 e. The summed E-state index contributed by atoms with van der Waals surface area (Å²) in [5.74, 6) is 9.25. The molecule has 2 aromatic carbocycles. The van der Waals surface area contributed by atoms with Crippen molar-refractivity contribution in [3.8, 4) is 17.6 Å². The number of anilines is 3. The highest BCUT2D eigenvalue weighted by Crippen LogP contribution is 2.50. The summed E-state index contributed by atoms with van der Waals surface area (Å²) >= 11 is 5.99. The molecule has 2 heterocycles. The summed E-state index contributed by atoms with van der Waals surface area (Å²) in [6.45, 7) is 2.28. The number of aromatic hydroxyl groups is 1. The third-order valence-electron chi connectivity index (χ3n) is 5.77. The van der Waals surface area contributed by atoms with E-state index in [0.717, 1.165) is 29.6 Å². The molecule has 0 bridgehead atoms. The number of benzene rings is 2. The molecule has 1 aliphatic carbocycles. The van der Waals surface area contributed by atoms with Gasteiger partial charge in [0.15, 0.2) is 0 Å². The van der Waals surface area contributed by atoms with Gasteiger partial charge in [0.25, 0.3) is 0 Å². The Bertz CT molecular complexity index is 1170. The van der Waals surface area contributed by atoms with Crippen molar-refractivity contribution in [2.45, 2.75) is 0 Å². The van der Waals surface area contributed by atoms with E-state index in [4.69, 9.17) is 17.3 Å². The SMILES string of the molecule is CN1C[C@@H]2[C@H](C#Cc3cc4ncnc(Nc5ccc(O)c(Cl)c5)c4cc3N)[C@@H]2C1. The van der Waals surface area contributed by atoms with E-state index < -0.39 is 0 Å². The number of halogens is 1. The highest BCUT2D eigenvalue weighted by molar-refractivity contribution is 6.32. The summed E-state index contributed by atoms with van der Waals surface area (Å²) in [5, 5.41) is 13.9. The zero-order valence-electron chi connectivity index (χ0n) is 15.9. The number of nitrogens with one attached hydrogen (secondary N) is 1. The lowest BCUT2D eigenvalue weighted by atomic mass is 10.1. The Labute approximate surface area is 173 Å². The first kappa shape index (κ1) is 18.0. The van der Waals surface area contributed by atoms with E-state index in [-0.39, 0.29) is 10.8 Å². The zero-order chi connectivity index (χ0) is 20.1. The van der Waals surface area contributed by atoms with Gasteiger partial charge in [-0.1, -0.05) is 23.4 Å². The number of nitrogen functional groups attached to an aromatic ring is 1. The highest BCUT2D eigenvalue weighted by atomic mass is 35.5. The molecule has 146 valence electrons. The summed E-state index contributed by atoms with van der Waals surface area (Å²) < 4.78 is 0. The van der Waals surface area contributed by atoms with Gasteiger partial charge in [0, 0.05) is 41.3 Å². The van der Waals surface area contributed by atoms with Crippen molar-refractivity contribution >= 4 is 39.7 Å². The fraction of sp³-hybridized carbons (Fsp3) is 0.273. The summed E-state index contributed by atoms with van der Waals surface area (Å²) in [5.41, 5.74) is 9.17. The molecule has 0 amide bonds. The van der Waals surface area contributed by atoms with Crippen molar-refractivity contribution in [1.29, 1.82) is 0 Å². The van der Waals surface area contributed by atoms with Gasteiger partial charge in [-0.25, -0.2) is 9.97 Å². The Morgan fingerprint density at radius 3 is 2.76 bits per heavy atom. The van der Waals surface area contributed by atoms with Gasteiger partial charge in [0.05, 0.1) is 10.5 Å². The van der Waals surface area contributed by atoms with Gasteiger partial charge < -0.3 is 21.1 Å². The molecule has 3 aromatic rings. The Balaban J connectivity index is 1.43. The van der Waals surface area contributed by atoms with Gasteiger partial charge in [-0.05, 0) is 49.2 Å². The molecule has 0 spiro atoms. The van der Waals surface area contributed by atoms with Crippen LogP contribution >= 0.6 is 11.6 Å². The molecular formula is C22H20ClN5O. The first-order chi connectivity index (χ1) is 14.0. The van der Waals surface area contributed by atoms with Crippen LogP contribution in [0.1, 0.15) is 5.56 Å². The van der Waals surface area contributed by atoms with Crippen molar-refractivity contribution in [3.05, 3.63) is 47.2 Å². The summed E-state index contributed by atoms with van der Waals surface area (Å²) in [7, 11) is 2.16. The van der Waals surface area contributed by atoms with Crippen LogP contribution in [0.3, 0.4) is 0 Å². The number of nitrogens with two attached hydrogens (primary N) is 1. The monoisotopic (exact) mass is 405 g/mol. The first-order valence-electron chi connectivity index (χ1n) is 9.49. The van der Waals surface area contributed by atoms with Crippen molar-refractivity contribution < 1.29 is 5.11 Å². The maximum absolute atomic E-state index is 9.59. The van der Waals surface area contributed by atoms with Crippen molar-refractivity contribution in [1.82, 2.24) is 14.9 Å². The molecule has 1 saturated carbocycles. The molecule has 2 fully saturated rings. The van der Waals surface area contributed by atoms with Gasteiger partial charge in [0.2, 0.25) is 0 Å². The average molecular weight is 406 g/mol. The Morgan fingerprint density at radius 1 is 1.21 bits per heavy atom. The minimum absolute atomic E-state index is 0.0312. The van der Waals surface area contributed by atoms with Crippen LogP contribution in [-0.2, 0) is 0 Å². The molecule has 1 aliphatic heterocycles. The lowest BCUT2D eigenvalue weighted by Crippen LogP contribution is -2.18. The summed E-state index contributed by atoms with van der Waals surface area (Å²) in [6, 6.07) is 8.66. The number of hydrogen-bond acceptors (Lipinski definition) is 6. The van der Waals surface area contributed by atoms with E-state index in [1.807, 2.05) is 12.1 Å². The van der Waals surface area contributed by atoms with Gasteiger partial charge >= 0.3 is 0 Å². The third kappa shape index (κ3) is 3.33. The number of aromatic nitrogens is 2. The smallest absolute Gasteiger partial charge is 0.141 e. The number of phenolic OH excluding ortho intramolecular Hbond substituents is 1. The van der Waals surface area contributed by atoms with Crippen LogP contribution in [0.2, 0.25) is 5.02 Å². The van der Waals surface area contributed by atoms with Crippen LogP contribution in [-0.4, -0.2) is 40.1 Å². The molecule has 1 saturated heterocycles. The van der Waals surface area contributed by atoms with Crippen LogP contribution in [0.4, 0.5) is 17.2 Å². The van der Waals surface area contributed by atoms with Crippen molar-refractivity contribution in [2.75, 3.05) is 31.2 Å². The predicted octanol–water partition coefficient (Wildman–Crippen LogP) is 3.47. The Hall–Kier alpha value is -3.01. The number of rotatable bonds is 2. The van der Waals surface area contributed by atoms with E-state index in [1.54, 1.807) is 12.1 Å². The maximum atomic E-state index is 9.59. The van der Waals surface area contributed by atoms with Crippen molar-refractivity contribution in [2.24, 2.45) is 17.8 Å². The molecule has 0 radical (unpaired) electrons. The first-order valence-corrected chi connectivity index (χ1v) is 9.87. The second-order valence-corrected chi connectivity index (χ2v) is 8.22. The molecule has 2 aliphatic rings. The normalized spacial score (nSPS) is 22.8. The highest BCUT2D eigenvalue weighted by Gasteiger charge is 2.53. The fourth-order valence-corrected chi connectivity index (χ4v) is 4.34. The van der Waals surface area contributed by atoms with Crippen LogP contribution < -0.4 is 11.1 Å². The Morgan fingerprint density at radius 2 is 2.00 bits per heavy atom. The minimum atomic E-state index is 0.0312. The molecule has 29 heavy (non-hydrogen) atoms. The van der Waals surface area contributed by atoms with E-state index in [2.05, 4.69) is 39.1 Å². The Kier molecular flexibility index (Phi) is 4.23. The van der Waals surface area contributed by atoms with E-state index in [0.29, 0.717) is 34.9 Å². The van der Waals surface area contributed by atoms with Gasteiger partial charge in [-0.2, -0.15) is 0 Å². The number of fused-ring (bicyclic) bond motifs is 2. The largest absolute Gasteiger partial charge is 0.506 e. The van der Waals surface area contributed by atoms with Gasteiger partial charge in [0.1, 0.15) is 17.9 Å². The van der Waals surface area contributed by atoms with E-state index in [9.17, 15) is 5.11 Å². The number of likely N-dealkylation sites (tertiary alicyclic amines) is 1. The van der Waals surface area contributed by atoms with E-state index >= 15 is 0 Å². The molecule has 3 atom stereocenters. The number of nitrogens with zero attached hydrogens (tertiary/aromatic N) is 3. The topological polar surface area (TPSA) is 87.3 Å². The summed E-state index contributed by atoms with van der Waals surface area (Å²) in [4.78, 5) is 11.1. The second kappa shape index (κ2) is 6.80. The van der Waals surface area contributed by atoms with Gasteiger partial charge in [-0.3, -0.25) is 0 Å². The second-order valence-electron chi connectivity index (χ2n) is 7.81. The number of hydrogen-bond donors (Lipinski definition) is 3. The van der Waals surface area contributed by atoms with Crippen LogP contribution in [0.5, 0.6) is 5.75 Å². The molecule has 4 N–H and O–H groups in total. The van der Waals surface area contributed by atoms with Crippen LogP contribution in [0, 0.1) is 29.6 Å². The summed E-state index contributed by atoms with van der Waals surface area (Å²) in [6.07, 6.45) is 1.50. The minimum Gasteiger partial charge on any atom is -0.506 e. The number of phenols is 1. The van der Waals surface area contributed by atoms with Crippen molar-refractivity contribution in [3.63, 3.8) is 0 Å². The standard InChI is InChI=1S/C22H20ClN5O/c1-28-9-16-14(17(16)10-28)4-2-12-6-20-15(8-19(12)24)22(26-11-25-20)27-13-3-5-21(29)18(23)7-13/h3,5-8,11,14,16-17,29H,9-10,24H2,1H3,(H,25,26,27)/t14-,16+,17-. The third-order valence-corrected chi connectivity index (χ3v) is 6.07. The lowest BCUT2D eigenvalue weighted by Gasteiger charge is -2.11. The van der Waals surface area contributed by atoms with Crippen LogP contribution in [0.25, 0.3) is 10.9 Å². The molecule has 1 aromatic heterocycles. The van der Waals surface area contributed by atoms with Gasteiger partial charge in [-0.15, -0.1) is 0 Å². The average Bonchev–Trinajstić information content (AvgIpc) is 3.15. The zero-order valence-corrected chi connectivity index (χ0v) is 16.6. The van der Waals surface area contributed by atoms with E-state index in [1.165, 1.54) is 12.4 Å². The van der Waals surface area contributed by atoms with Crippen LogP contribution in [0.15, 0.2) is 36.7 Å². The lowest BCUT2D eigenvalue weighted by molar-refractivity contribution is 0.360. The molecule has 5 rings (SSSR count). The molecule has 7 heteroatoms.